The average Bonchev–Trinajstić information content (AvgIpc) is 2.78. The molecule has 1 aromatic rings. The summed E-state index contributed by atoms with van der Waals surface area (Å²) in [5.74, 6) is 1.04. The summed E-state index contributed by atoms with van der Waals surface area (Å²) in [6, 6.07) is 1.57. The Hall–Kier alpha value is -0.890. The second kappa shape index (κ2) is 8.41. The Morgan fingerprint density at radius 3 is 2.75 bits per heavy atom. The normalized spacial score (nSPS) is 11.9. The Morgan fingerprint density at radius 2 is 2.10 bits per heavy atom. The highest BCUT2D eigenvalue weighted by Gasteiger charge is 2.20. The fraction of sp³-hybridized carbons (Fsp3) is 0.692. The molecule has 0 aliphatic carbocycles. The molecule has 0 aliphatic heterocycles. The van der Waals surface area contributed by atoms with Crippen molar-refractivity contribution in [3.05, 3.63) is 17.6 Å². The zero-order valence-corrected chi connectivity index (χ0v) is 13.2. The minimum atomic E-state index is -3.51. The molecule has 0 saturated carbocycles. The van der Waals surface area contributed by atoms with Gasteiger partial charge in [0.2, 0.25) is 10.0 Å². The lowest BCUT2D eigenvalue weighted by Crippen LogP contribution is -2.25. The van der Waals surface area contributed by atoms with Crippen LogP contribution >= 0.6 is 0 Å². The predicted molar refractivity (Wildman–Crippen MR) is 77.1 cm³/mol. The molecule has 7 heteroatoms. The largest absolute Gasteiger partial charge is 0.464 e. The van der Waals surface area contributed by atoms with Crippen molar-refractivity contribution in [3.63, 3.8) is 0 Å². The van der Waals surface area contributed by atoms with Crippen molar-refractivity contribution in [3.8, 4) is 0 Å². The van der Waals surface area contributed by atoms with Crippen LogP contribution in [0.25, 0.3) is 0 Å². The van der Waals surface area contributed by atoms with Gasteiger partial charge < -0.3 is 14.5 Å². The molecule has 0 fully saturated rings. The number of rotatable bonds is 10. The van der Waals surface area contributed by atoms with Gasteiger partial charge in [0.25, 0.3) is 0 Å². The molecule has 20 heavy (non-hydrogen) atoms. The third kappa shape index (κ3) is 5.24. The van der Waals surface area contributed by atoms with Gasteiger partial charge in [-0.3, -0.25) is 0 Å². The van der Waals surface area contributed by atoms with Gasteiger partial charge in [-0.1, -0.05) is 6.92 Å². The van der Waals surface area contributed by atoms with E-state index in [2.05, 4.69) is 10.0 Å². The van der Waals surface area contributed by atoms with E-state index in [1.165, 1.54) is 0 Å². The Kier molecular flexibility index (Phi) is 7.22. The third-order valence-corrected chi connectivity index (χ3v) is 4.29. The summed E-state index contributed by atoms with van der Waals surface area (Å²) in [5, 5.41) is 3.10. The van der Waals surface area contributed by atoms with Crippen LogP contribution in [0.2, 0.25) is 0 Å². The van der Waals surface area contributed by atoms with E-state index in [1.807, 2.05) is 13.8 Å². The number of hydrogen-bond acceptors (Lipinski definition) is 5. The van der Waals surface area contributed by atoms with Crippen LogP contribution in [0.3, 0.4) is 0 Å². The molecule has 116 valence electrons. The van der Waals surface area contributed by atoms with E-state index in [9.17, 15) is 8.42 Å². The maximum atomic E-state index is 12.1. The summed E-state index contributed by atoms with van der Waals surface area (Å²) in [7, 11) is -3.51. The summed E-state index contributed by atoms with van der Waals surface area (Å²) >= 11 is 0. The SMILES string of the molecule is CCNCc1cc(S(=O)(=O)NCCCOCC)c(C)o1. The second-order valence-corrected chi connectivity index (χ2v) is 6.10. The first-order valence-electron chi connectivity index (χ1n) is 6.88. The third-order valence-electron chi connectivity index (χ3n) is 2.72. The monoisotopic (exact) mass is 304 g/mol. The summed E-state index contributed by atoms with van der Waals surface area (Å²) < 4.78 is 37.4. The van der Waals surface area contributed by atoms with Gasteiger partial charge in [-0.2, -0.15) is 0 Å². The molecule has 0 atom stereocenters. The molecule has 1 aromatic heterocycles. The van der Waals surface area contributed by atoms with Gasteiger partial charge in [0.05, 0.1) is 6.54 Å². The Labute approximate surface area is 120 Å². The van der Waals surface area contributed by atoms with E-state index in [0.29, 0.717) is 44.2 Å². The van der Waals surface area contributed by atoms with Crippen molar-refractivity contribution in [1.29, 1.82) is 0 Å². The molecule has 1 heterocycles. The molecular formula is C13H24N2O4S. The fourth-order valence-electron chi connectivity index (χ4n) is 1.73. The lowest BCUT2D eigenvalue weighted by atomic mass is 10.4. The van der Waals surface area contributed by atoms with Crippen molar-refractivity contribution in [2.45, 2.75) is 38.6 Å². The minimum absolute atomic E-state index is 0.210. The maximum Gasteiger partial charge on any atom is 0.244 e. The van der Waals surface area contributed by atoms with Gasteiger partial charge in [0.15, 0.2) is 0 Å². The first kappa shape index (κ1) is 17.2. The molecule has 0 aromatic carbocycles. The maximum absolute atomic E-state index is 12.1. The average molecular weight is 304 g/mol. The van der Waals surface area contributed by atoms with E-state index >= 15 is 0 Å². The van der Waals surface area contributed by atoms with E-state index < -0.39 is 10.0 Å². The van der Waals surface area contributed by atoms with Crippen LogP contribution in [-0.4, -0.2) is 34.7 Å². The standard InChI is InChI=1S/C13H24N2O4S/c1-4-14-10-12-9-13(11(3)19-12)20(16,17)15-7-6-8-18-5-2/h9,14-15H,4-8,10H2,1-3H3. The van der Waals surface area contributed by atoms with Crippen molar-refractivity contribution >= 4 is 10.0 Å². The van der Waals surface area contributed by atoms with E-state index in [1.54, 1.807) is 13.0 Å². The summed E-state index contributed by atoms with van der Waals surface area (Å²) in [4.78, 5) is 0.210. The van der Waals surface area contributed by atoms with Gasteiger partial charge in [0, 0.05) is 25.8 Å². The number of sulfonamides is 1. The van der Waals surface area contributed by atoms with Crippen molar-refractivity contribution in [2.24, 2.45) is 0 Å². The topological polar surface area (TPSA) is 80.6 Å². The van der Waals surface area contributed by atoms with Gasteiger partial charge in [-0.15, -0.1) is 0 Å². The molecule has 0 saturated heterocycles. The Morgan fingerprint density at radius 1 is 1.35 bits per heavy atom. The molecule has 2 N–H and O–H groups in total. The predicted octanol–water partition coefficient (Wildman–Crippen LogP) is 1.40. The van der Waals surface area contributed by atoms with Gasteiger partial charge >= 0.3 is 0 Å². The quantitative estimate of drug-likeness (QED) is 0.639. The molecule has 0 aliphatic rings. The number of ether oxygens (including phenoxy) is 1. The lowest BCUT2D eigenvalue weighted by molar-refractivity contribution is 0.146. The molecule has 0 spiro atoms. The first-order chi connectivity index (χ1) is 9.51. The number of aryl methyl sites for hydroxylation is 1. The highest BCUT2D eigenvalue weighted by molar-refractivity contribution is 7.89. The van der Waals surface area contributed by atoms with E-state index in [0.717, 1.165) is 6.54 Å². The zero-order valence-electron chi connectivity index (χ0n) is 12.4. The lowest BCUT2D eigenvalue weighted by Gasteiger charge is -2.05. The second-order valence-electron chi connectivity index (χ2n) is 4.36. The van der Waals surface area contributed by atoms with Gasteiger partial charge in [-0.25, -0.2) is 13.1 Å². The van der Waals surface area contributed by atoms with Crippen LogP contribution in [0.1, 0.15) is 31.8 Å². The van der Waals surface area contributed by atoms with Crippen molar-refractivity contribution in [1.82, 2.24) is 10.0 Å². The molecular weight excluding hydrogens is 280 g/mol. The van der Waals surface area contributed by atoms with Crippen LogP contribution in [0.15, 0.2) is 15.4 Å². The summed E-state index contributed by atoms with van der Waals surface area (Å²) in [5.41, 5.74) is 0. The van der Waals surface area contributed by atoms with E-state index in [4.69, 9.17) is 9.15 Å². The highest BCUT2D eigenvalue weighted by atomic mass is 32.2. The zero-order chi connectivity index (χ0) is 15.0. The van der Waals surface area contributed by atoms with Crippen molar-refractivity contribution < 1.29 is 17.6 Å². The van der Waals surface area contributed by atoms with Gasteiger partial charge in [-0.05, 0) is 26.8 Å². The molecule has 1 rings (SSSR count). The molecule has 0 radical (unpaired) electrons. The Balaban J connectivity index is 2.60. The number of nitrogens with one attached hydrogen (secondary N) is 2. The highest BCUT2D eigenvalue weighted by Crippen LogP contribution is 2.19. The summed E-state index contributed by atoms with van der Waals surface area (Å²) in [6.07, 6.45) is 0.647. The molecule has 6 nitrogen and oxygen atoms in total. The van der Waals surface area contributed by atoms with Crippen LogP contribution < -0.4 is 10.0 Å². The number of furan rings is 1. The van der Waals surface area contributed by atoms with Crippen molar-refractivity contribution in [2.75, 3.05) is 26.3 Å². The van der Waals surface area contributed by atoms with Crippen LogP contribution in [-0.2, 0) is 21.3 Å². The number of hydrogen-bond donors (Lipinski definition) is 2. The van der Waals surface area contributed by atoms with Crippen LogP contribution in [0.4, 0.5) is 0 Å². The van der Waals surface area contributed by atoms with Crippen LogP contribution in [0.5, 0.6) is 0 Å². The Bertz CT molecular complexity index is 496. The van der Waals surface area contributed by atoms with Gasteiger partial charge in [0.1, 0.15) is 16.4 Å². The van der Waals surface area contributed by atoms with Crippen LogP contribution in [0, 0.1) is 6.92 Å². The molecule has 0 unspecified atom stereocenters. The molecule has 0 amide bonds. The summed E-state index contributed by atoms with van der Waals surface area (Å²) in [6.45, 7) is 8.42. The minimum Gasteiger partial charge on any atom is -0.464 e. The van der Waals surface area contributed by atoms with E-state index in [-0.39, 0.29) is 4.90 Å². The smallest absolute Gasteiger partial charge is 0.244 e. The first-order valence-corrected chi connectivity index (χ1v) is 8.37. The fourth-order valence-corrected chi connectivity index (χ4v) is 3.00. The molecule has 0 bridgehead atoms.